The van der Waals surface area contributed by atoms with Crippen LogP contribution in [0.25, 0.3) is 0 Å². The lowest BCUT2D eigenvalue weighted by Gasteiger charge is -2.24. The summed E-state index contributed by atoms with van der Waals surface area (Å²) in [5.41, 5.74) is 4.10. The van der Waals surface area contributed by atoms with Crippen LogP contribution in [0.1, 0.15) is 11.8 Å². The lowest BCUT2D eigenvalue weighted by Crippen LogP contribution is -2.45. The van der Waals surface area contributed by atoms with Gasteiger partial charge in [-0.2, -0.15) is 5.43 Å². The molecule has 1 aromatic heterocycles. The fraction of sp³-hybridized carbons (Fsp3) is 0.154. The molecule has 0 radical (unpaired) electrons. The molecule has 2 aromatic rings. The fourth-order valence-electron chi connectivity index (χ4n) is 2.02. The Morgan fingerprint density at radius 3 is 2.63 bits per heavy atom. The first-order chi connectivity index (χ1) is 9.08. The van der Waals surface area contributed by atoms with E-state index in [-0.39, 0.29) is 5.66 Å². The average Bonchev–Trinajstić information content (AvgIpc) is 2.99. The highest BCUT2D eigenvalue weighted by molar-refractivity contribution is 9.10. The Hall–Kier alpha value is -0.950. The van der Waals surface area contributed by atoms with Gasteiger partial charge in [-0.25, -0.2) is 5.01 Å². The second kappa shape index (κ2) is 4.86. The van der Waals surface area contributed by atoms with Gasteiger partial charge in [0.05, 0.1) is 5.69 Å². The van der Waals surface area contributed by atoms with Crippen molar-refractivity contribution in [1.82, 2.24) is 10.7 Å². The van der Waals surface area contributed by atoms with Crippen molar-refractivity contribution in [3.8, 4) is 0 Å². The number of anilines is 1. The SMILES string of the molecule is C[C@@]1(c2cccs2)NC(=S)N(c2ccc(Br)cc2)N1. The van der Waals surface area contributed by atoms with E-state index in [0.717, 1.165) is 10.2 Å². The highest BCUT2D eigenvalue weighted by atomic mass is 79.9. The van der Waals surface area contributed by atoms with Crippen molar-refractivity contribution in [2.75, 3.05) is 5.01 Å². The summed E-state index contributed by atoms with van der Waals surface area (Å²) in [6.45, 7) is 2.09. The van der Waals surface area contributed by atoms with Gasteiger partial charge in [0, 0.05) is 9.35 Å². The molecule has 3 nitrogen and oxygen atoms in total. The molecule has 98 valence electrons. The number of rotatable bonds is 2. The monoisotopic (exact) mass is 353 g/mol. The molecule has 0 spiro atoms. The van der Waals surface area contributed by atoms with Crippen LogP contribution in [0.4, 0.5) is 5.69 Å². The fourth-order valence-corrected chi connectivity index (χ4v) is 3.44. The molecule has 1 fully saturated rings. The molecule has 1 aliphatic rings. The van der Waals surface area contributed by atoms with E-state index < -0.39 is 0 Å². The molecule has 19 heavy (non-hydrogen) atoms. The first-order valence-corrected chi connectivity index (χ1v) is 7.86. The van der Waals surface area contributed by atoms with Gasteiger partial charge in [-0.05, 0) is 54.9 Å². The number of hydrogen-bond acceptors (Lipinski definition) is 3. The molecule has 0 unspecified atom stereocenters. The van der Waals surface area contributed by atoms with Crippen molar-refractivity contribution in [2.24, 2.45) is 0 Å². The second-order valence-corrected chi connectivity index (χ2v) is 6.71. The van der Waals surface area contributed by atoms with Crippen LogP contribution in [-0.4, -0.2) is 5.11 Å². The molecule has 0 saturated carbocycles. The first kappa shape index (κ1) is 13.1. The zero-order chi connectivity index (χ0) is 13.5. The summed E-state index contributed by atoms with van der Waals surface area (Å²) in [4.78, 5) is 1.20. The molecular weight excluding hydrogens is 342 g/mol. The third-order valence-corrected chi connectivity index (χ3v) is 4.90. The summed E-state index contributed by atoms with van der Waals surface area (Å²) < 4.78 is 1.05. The van der Waals surface area contributed by atoms with Crippen LogP contribution in [0.15, 0.2) is 46.3 Å². The van der Waals surface area contributed by atoms with E-state index in [4.69, 9.17) is 12.2 Å². The molecule has 0 amide bonds. The predicted octanol–water partition coefficient (Wildman–Crippen LogP) is 3.58. The van der Waals surface area contributed by atoms with Crippen LogP contribution in [0.5, 0.6) is 0 Å². The van der Waals surface area contributed by atoms with Crippen molar-refractivity contribution in [3.05, 3.63) is 51.1 Å². The maximum absolute atomic E-state index is 5.42. The van der Waals surface area contributed by atoms with Crippen molar-refractivity contribution < 1.29 is 0 Å². The second-order valence-electron chi connectivity index (χ2n) is 4.46. The number of hydrazine groups is 1. The number of hydrogen-bond donors (Lipinski definition) is 2. The number of nitrogens with zero attached hydrogens (tertiary/aromatic N) is 1. The summed E-state index contributed by atoms with van der Waals surface area (Å²) in [5.74, 6) is 0. The summed E-state index contributed by atoms with van der Waals surface area (Å²) in [5, 5.41) is 7.99. The largest absolute Gasteiger partial charge is 0.337 e. The van der Waals surface area contributed by atoms with Crippen LogP contribution >= 0.6 is 39.5 Å². The van der Waals surface area contributed by atoms with Gasteiger partial charge < -0.3 is 5.32 Å². The third kappa shape index (κ3) is 2.41. The summed E-state index contributed by atoms with van der Waals surface area (Å²) in [6.07, 6.45) is 0. The van der Waals surface area contributed by atoms with E-state index >= 15 is 0 Å². The summed E-state index contributed by atoms with van der Waals surface area (Å²) in [7, 11) is 0. The molecule has 1 atom stereocenters. The smallest absolute Gasteiger partial charge is 0.190 e. The van der Waals surface area contributed by atoms with Gasteiger partial charge in [-0.15, -0.1) is 11.3 Å². The van der Waals surface area contributed by atoms with Crippen molar-refractivity contribution >= 4 is 50.3 Å². The minimum absolute atomic E-state index is 0.349. The minimum atomic E-state index is -0.349. The molecule has 3 rings (SSSR count). The molecule has 2 N–H and O–H groups in total. The average molecular weight is 354 g/mol. The van der Waals surface area contributed by atoms with Gasteiger partial charge in [0.25, 0.3) is 0 Å². The van der Waals surface area contributed by atoms with E-state index in [1.165, 1.54) is 4.88 Å². The van der Waals surface area contributed by atoms with E-state index in [1.54, 1.807) is 11.3 Å². The number of thiocarbonyl (C=S) groups is 1. The van der Waals surface area contributed by atoms with Crippen LogP contribution in [-0.2, 0) is 5.66 Å². The van der Waals surface area contributed by atoms with Gasteiger partial charge in [-0.1, -0.05) is 22.0 Å². The molecule has 1 aromatic carbocycles. The Morgan fingerprint density at radius 2 is 2.00 bits per heavy atom. The Morgan fingerprint density at radius 1 is 1.26 bits per heavy atom. The lowest BCUT2D eigenvalue weighted by atomic mass is 10.2. The van der Waals surface area contributed by atoms with E-state index in [9.17, 15) is 0 Å². The van der Waals surface area contributed by atoms with Gasteiger partial charge in [0.15, 0.2) is 5.11 Å². The van der Waals surface area contributed by atoms with E-state index in [0.29, 0.717) is 5.11 Å². The number of halogens is 1. The summed E-state index contributed by atoms with van der Waals surface area (Å²) >= 11 is 10.6. The molecule has 1 saturated heterocycles. The number of benzene rings is 1. The van der Waals surface area contributed by atoms with Crippen LogP contribution in [0, 0.1) is 0 Å². The zero-order valence-corrected chi connectivity index (χ0v) is 13.4. The standard InChI is InChI=1S/C13H12BrN3S2/c1-13(11-3-2-8-19-11)15-12(18)17(16-13)10-6-4-9(14)5-7-10/h2-8,16H,1H3,(H,15,18)/t13-/m1/s1. The van der Waals surface area contributed by atoms with Crippen molar-refractivity contribution in [3.63, 3.8) is 0 Å². The Kier molecular flexibility index (Phi) is 3.34. The highest BCUT2D eigenvalue weighted by Gasteiger charge is 2.38. The quantitative estimate of drug-likeness (QED) is 0.807. The summed E-state index contributed by atoms with van der Waals surface area (Å²) in [6, 6.07) is 12.2. The molecule has 0 bridgehead atoms. The van der Waals surface area contributed by atoms with Gasteiger partial charge >= 0.3 is 0 Å². The molecule has 6 heteroatoms. The number of thiophene rings is 1. The van der Waals surface area contributed by atoms with E-state index in [2.05, 4.69) is 45.0 Å². The number of nitrogens with one attached hydrogen (secondary N) is 2. The highest BCUT2D eigenvalue weighted by Crippen LogP contribution is 2.29. The van der Waals surface area contributed by atoms with Gasteiger partial charge in [0.2, 0.25) is 0 Å². The maximum Gasteiger partial charge on any atom is 0.190 e. The molecule has 1 aliphatic heterocycles. The van der Waals surface area contributed by atoms with Crippen molar-refractivity contribution in [2.45, 2.75) is 12.6 Å². The van der Waals surface area contributed by atoms with E-state index in [1.807, 2.05) is 35.3 Å². The van der Waals surface area contributed by atoms with Crippen LogP contribution < -0.4 is 15.8 Å². The minimum Gasteiger partial charge on any atom is -0.337 e. The van der Waals surface area contributed by atoms with Crippen molar-refractivity contribution in [1.29, 1.82) is 0 Å². The van der Waals surface area contributed by atoms with Crippen LogP contribution in [0.2, 0.25) is 0 Å². The third-order valence-electron chi connectivity index (χ3n) is 2.99. The normalized spacial score (nSPS) is 22.6. The zero-order valence-electron chi connectivity index (χ0n) is 10.2. The molecule has 0 aliphatic carbocycles. The molecule has 2 heterocycles. The Balaban J connectivity index is 1.90. The first-order valence-electron chi connectivity index (χ1n) is 5.78. The van der Waals surface area contributed by atoms with Crippen LogP contribution in [0.3, 0.4) is 0 Å². The topological polar surface area (TPSA) is 27.3 Å². The molecular formula is C13H12BrN3S2. The predicted molar refractivity (Wildman–Crippen MR) is 87.2 cm³/mol. The lowest BCUT2D eigenvalue weighted by molar-refractivity contribution is 0.398. The van der Waals surface area contributed by atoms with Gasteiger partial charge in [0.1, 0.15) is 5.66 Å². The Bertz CT molecular complexity index is 597. The Labute approximate surface area is 129 Å². The van der Waals surface area contributed by atoms with Gasteiger partial charge in [-0.3, -0.25) is 0 Å². The maximum atomic E-state index is 5.42.